The molecular formula is C20H24N2O3. The number of nitrogens with one attached hydrogen (secondary N) is 1. The van der Waals surface area contributed by atoms with Crippen molar-refractivity contribution in [2.75, 3.05) is 18.0 Å². The molecule has 0 radical (unpaired) electrons. The number of rotatable bonds is 8. The number of anilines is 1. The second kappa shape index (κ2) is 9.47. The zero-order valence-corrected chi connectivity index (χ0v) is 14.7. The highest BCUT2D eigenvalue weighted by Gasteiger charge is 2.13. The molecule has 2 rings (SSSR count). The van der Waals surface area contributed by atoms with E-state index in [0.29, 0.717) is 18.8 Å². The van der Waals surface area contributed by atoms with Gasteiger partial charge in [0.25, 0.3) is 0 Å². The van der Waals surface area contributed by atoms with E-state index in [0.717, 1.165) is 17.9 Å². The Morgan fingerprint density at radius 3 is 2.24 bits per heavy atom. The maximum atomic E-state index is 11.9. The third kappa shape index (κ3) is 5.95. The Bertz CT molecular complexity index is 684. The van der Waals surface area contributed by atoms with Gasteiger partial charge in [-0.05, 0) is 42.8 Å². The Balaban J connectivity index is 1.99. The summed E-state index contributed by atoms with van der Waals surface area (Å²) in [4.78, 5) is 25.3. The highest BCUT2D eigenvalue weighted by atomic mass is 16.5. The van der Waals surface area contributed by atoms with Crippen molar-refractivity contribution in [3.8, 4) is 11.5 Å². The lowest BCUT2D eigenvalue weighted by Gasteiger charge is -2.21. The largest absolute Gasteiger partial charge is 0.457 e. The first kappa shape index (κ1) is 18.5. The predicted octanol–water partition coefficient (Wildman–Crippen LogP) is 3.75. The van der Waals surface area contributed by atoms with Crippen molar-refractivity contribution in [2.45, 2.75) is 26.7 Å². The Hall–Kier alpha value is -2.82. The van der Waals surface area contributed by atoms with Gasteiger partial charge in [0, 0.05) is 32.1 Å². The Labute approximate surface area is 148 Å². The SMILES string of the molecule is CCCNC(=O)CCN(C(C)=O)c1ccc(Oc2ccccc2)cc1. The van der Waals surface area contributed by atoms with Crippen molar-refractivity contribution in [2.24, 2.45) is 0 Å². The molecule has 0 heterocycles. The summed E-state index contributed by atoms with van der Waals surface area (Å²) in [6, 6.07) is 16.8. The summed E-state index contributed by atoms with van der Waals surface area (Å²) in [5.41, 5.74) is 0.746. The van der Waals surface area contributed by atoms with Crippen LogP contribution >= 0.6 is 0 Å². The molecule has 25 heavy (non-hydrogen) atoms. The third-order valence-electron chi connectivity index (χ3n) is 3.64. The zero-order chi connectivity index (χ0) is 18.1. The average molecular weight is 340 g/mol. The summed E-state index contributed by atoms with van der Waals surface area (Å²) in [6.45, 7) is 4.51. The minimum Gasteiger partial charge on any atom is -0.457 e. The van der Waals surface area contributed by atoms with Crippen molar-refractivity contribution in [1.82, 2.24) is 5.32 Å². The summed E-state index contributed by atoms with van der Waals surface area (Å²) in [5.74, 6) is 1.31. The molecule has 132 valence electrons. The van der Waals surface area contributed by atoms with E-state index in [1.807, 2.05) is 61.5 Å². The number of carbonyl (C=O) groups is 2. The van der Waals surface area contributed by atoms with Gasteiger partial charge in [-0.3, -0.25) is 9.59 Å². The number of hydrogen-bond donors (Lipinski definition) is 1. The lowest BCUT2D eigenvalue weighted by molar-refractivity contribution is -0.121. The number of para-hydroxylation sites is 1. The summed E-state index contributed by atoms with van der Waals surface area (Å²) in [5, 5.41) is 2.82. The molecule has 2 amide bonds. The van der Waals surface area contributed by atoms with Crippen LogP contribution in [0.5, 0.6) is 11.5 Å². The molecule has 0 aliphatic carbocycles. The fraction of sp³-hybridized carbons (Fsp3) is 0.300. The van der Waals surface area contributed by atoms with E-state index in [1.165, 1.54) is 6.92 Å². The molecule has 2 aromatic rings. The van der Waals surface area contributed by atoms with Gasteiger partial charge >= 0.3 is 0 Å². The van der Waals surface area contributed by atoms with Crippen molar-refractivity contribution in [1.29, 1.82) is 0 Å². The molecule has 1 N–H and O–H groups in total. The number of ether oxygens (including phenoxy) is 1. The smallest absolute Gasteiger partial charge is 0.223 e. The van der Waals surface area contributed by atoms with Crippen molar-refractivity contribution in [3.63, 3.8) is 0 Å². The molecule has 5 heteroatoms. The second-order valence-corrected chi connectivity index (χ2v) is 5.68. The quantitative estimate of drug-likeness (QED) is 0.796. The second-order valence-electron chi connectivity index (χ2n) is 5.68. The van der Waals surface area contributed by atoms with Crippen LogP contribution in [-0.4, -0.2) is 24.9 Å². The van der Waals surface area contributed by atoms with E-state index < -0.39 is 0 Å². The standard InChI is InChI=1S/C20H24N2O3/c1-3-14-21-20(24)13-15-22(16(2)23)17-9-11-19(12-10-17)25-18-7-5-4-6-8-18/h4-12H,3,13-15H2,1-2H3,(H,21,24). The molecular weight excluding hydrogens is 316 g/mol. The van der Waals surface area contributed by atoms with Crippen LogP contribution in [0.15, 0.2) is 54.6 Å². The Morgan fingerprint density at radius 1 is 1.00 bits per heavy atom. The summed E-state index contributed by atoms with van der Waals surface area (Å²) in [7, 11) is 0. The van der Waals surface area contributed by atoms with Crippen molar-refractivity contribution in [3.05, 3.63) is 54.6 Å². The molecule has 0 bridgehead atoms. The molecule has 0 atom stereocenters. The predicted molar refractivity (Wildman–Crippen MR) is 98.9 cm³/mol. The first-order valence-electron chi connectivity index (χ1n) is 8.48. The van der Waals surface area contributed by atoms with Crippen LogP contribution in [0.1, 0.15) is 26.7 Å². The first-order valence-corrected chi connectivity index (χ1v) is 8.48. The van der Waals surface area contributed by atoms with Gasteiger partial charge in [0.1, 0.15) is 11.5 Å². The average Bonchev–Trinajstić information content (AvgIpc) is 2.62. The molecule has 0 aliphatic heterocycles. The van der Waals surface area contributed by atoms with Crippen LogP contribution in [-0.2, 0) is 9.59 Å². The zero-order valence-electron chi connectivity index (χ0n) is 14.7. The highest BCUT2D eigenvalue weighted by molar-refractivity contribution is 5.92. The molecule has 0 saturated heterocycles. The maximum absolute atomic E-state index is 11.9. The molecule has 0 spiro atoms. The first-order chi connectivity index (χ1) is 12.1. The summed E-state index contributed by atoms with van der Waals surface area (Å²) in [6.07, 6.45) is 1.17. The van der Waals surface area contributed by atoms with E-state index in [1.54, 1.807) is 4.90 Å². The van der Waals surface area contributed by atoms with E-state index in [-0.39, 0.29) is 18.2 Å². The lowest BCUT2D eigenvalue weighted by atomic mass is 10.2. The third-order valence-corrected chi connectivity index (χ3v) is 3.64. The van der Waals surface area contributed by atoms with Gasteiger partial charge < -0.3 is 15.0 Å². The van der Waals surface area contributed by atoms with E-state index in [9.17, 15) is 9.59 Å². The van der Waals surface area contributed by atoms with Gasteiger partial charge in [0.05, 0.1) is 0 Å². The van der Waals surface area contributed by atoms with Gasteiger partial charge in [0.2, 0.25) is 11.8 Å². The number of carbonyl (C=O) groups excluding carboxylic acids is 2. The molecule has 0 aliphatic rings. The minimum atomic E-state index is -0.0972. The van der Waals surface area contributed by atoms with E-state index in [4.69, 9.17) is 4.74 Å². The van der Waals surface area contributed by atoms with E-state index in [2.05, 4.69) is 5.32 Å². The molecule has 0 unspecified atom stereocenters. The van der Waals surface area contributed by atoms with Gasteiger partial charge in [0.15, 0.2) is 0 Å². The van der Waals surface area contributed by atoms with Crippen LogP contribution in [0.2, 0.25) is 0 Å². The molecule has 0 saturated carbocycles. The normalized spacial score (nSPS) is 10.2. The van der Waals surface area contributed by atoms with E-state index >= 15 is 0 Å². The number of nitrogens with zero attached hydrogens (tertiary/aromatic N) is 1. The van der Waals surface area contributed by atoms with Crippen LogP contribution in [0.4, 0.5) is 5.69 Å². The summed E-state index contributed by atoms with van der Waals surface area (Å²) < 4.78 is 5.75. The molecule has 5 nitrogen and oxygen atoms in total. The lowest BCUT2D eigenvalue weighted by Crippen LogP contribution is -2.34. The summed E-state index contributed by atoms with van der Waals surface area (Å²) >= 11 is 0. The van der Waals surface area contributed by atoms with Crippen molar-refractivity contribution >= 4 is 17.5 Å². The maximum Gasteiger partial charge on any atom is 0.223 e. The Kier molecular flexibility index (Phi) is 7.01. The van der Waals surface area contributed by atoms with Gasteiger partial charge in [-0.25, -0.2) is 0 Å². The monoisotopic (exact) mass is 340 g/mol. The highest BCUT2D eigenvalue weighted by Crippen LogP contribution is 2.24. The molecule has 0 fully saturated rings. The van der Waals surface area contributed by atoms with Crippen LogP contribution in [0.3, 0.4) is 0 Å². The Morgan fingerprint density at radius 2 is 1.64 bits per heavy atom. The molecule has 0 aromatic heterocycles. The number of benzene rings is 2. The fourth-order valence-corrected chi connectivity index (χ4v) is 2.35. The van der Waals surface area contributed by atoms with Crippen LogP contribution in [0.25, 0.3) is 0 Å². The number of amides is 2. The van der Waals surface area contributed by atoms with Crippen LogP contribution < -0.4 is 15.0 Å². The van der Waals surface area contributed by atoms with Gasteiger partial charge in [-0.15, -0.1) is 0 Å². The number of hydrogen-bond acceptors (Lipinski definition) is 3. The van der Waals surface area contributed by atoms with Gasteiger partial charge in [-0.1, -0.05) is 25.1 Å². The molecule has 2 aromatic carbocycles. The van der Waals surface area contributed by atoms with Gasteiger partial charge in [-0.2, -0.15) is 0 Å². The topological polar surface area (TPSA) is 58.6 Å². The van der Waals surface area contributed by atoms with Crippen LogP contribution in [0, 0.1) is 0 Å². The van der Waals surface area contributed by atoms with Crippen molar-refractivity contribution < 1.29 is 14.3 Å². The minimum absolute atomic E-state index is 0.0443. The fourth-order valence-electron chi connectivity index (χ4n) is 2.35.